The summed E-state index contributed by atoms with van der Waals surface area (Å²) in [7, 11) is 1.37. The maximum atomic E-state index is 14.1. The third-order valence-corrected chi connectivity index (χ3v) is 3.36. The molecule has 0 saturated carbocycles. The summed E-state index contributed by atoms with van der Waals surface area (Å²) in [5.74, 6) is -1.10. The number of halogens is 1. The molecule has 1 fully saturated rings. The van der Waals surface area contributed by atoms with Gasteiger partial charge in [0.1, 0.15) is 0 Å². The molecule has 0 spiro atoms. The van der Waals surface area contributed by atoms with Crippen LogP contribution >= 0.6 is 0 Å². The zero-order valence-corrected chi connectivity index (χ0v) is 11.5. The van der Waals surface area contributed by atoms with Crippen molar-refractivity contribution in [1.29, 1.82) is 0 Å². The van der Waals surface area contributed by atoms with Crippen molar-refractivity contribution in [3.63, 3.8) is 0 Å². The average Bonchev–Trinajstić information content (AvgIpc) is 2.45. The van der Waals surface area contributed by atoms with E-state index in [1.165, 1.54) is 13.2 Å². The van der Waals surface area contributed by atoms with Crippen LogP contribution in [0.5, 0.6) is 5.75 Å². The summed E-state index contributed by atoms with van der Waals surface area (Å²) in [5, 5.41) is 2.86. The minimum absolute atomic E-state index is 0.0706. The van der Waals surface area contributed by atoms with Crippen molar-refractivity contribution in [2.45, 2.75) is 25.9 Å². The predicted molar refractivity (Wildman–Crippen MR) is 70.6 cm³/mol. The smallest absolute Gasteiger partial charge is 0.246 e. The van der Waals surface area contributed by atoms with Gasteiger partial charge in [-0.1, -0.05) is 19.1 Å². The van der Waals surface area contributed by atoms with Gasteiger partial charge in [-0.25, -0.2) is 4.39 Å². The van der Waals surface area contributed by atoms with Crippen molar-refractivity contribution in [3.05, 3.63) is 29.6 Å². The summed E-state index contributed by atoms with van der Waals surface area (Å²) in [6.07, 6.45) is 0.587. The minimum Gasteiger partial charge on any atom is -0.494 e. The van der Waals surface area contributed by atoms with E-state index in [-0.39, 0.29) is 42.3 Å². The third-order valence-electron chi connectivity index (χ3n) is 3.36. The topological polar surface area (TPSA) is 58.6 Å². The highest BCUT2D eigenvalue weighted by Crippen LogP contribution is 2.22. The van der Waals surface area contributed by atoms with Crippen LogP contribution in [0.1, 0.15) is 18.9 Å². The van der Waals surface area contributed by atoms with Gasteiger partial charge in [0.15, 0.2) is 11.6 Å². The van der Waals surface area contributed by atoms with Crippen LogP contribution in [0.15, 0.2) is 18.2 Å². The molecule has 1 atom stereocenters. The molecule has 0 bridgehead atoms. The van der Waals surface area contributed by atoms with Gasteiger partial charge in [-0.2, -0.15) is 0 Å². The number of nitrogens with one attached hydrogen (secondary N) is 1. The summed E-state index contributed by atoms with van der Waals surface area (Å²) in [6, 6.07) is 4.28. The van der Waals surface area contributed by atoms with E-state index in [0.29, 0.717) is 6.42 Å². The summed E-state index contributed by atoms with van der Waals surface area (Å²) < 4.78 is 19.0. The SMILES string of the molecule is CCC1NCC(=O)N(Cc2cccc(OC)c2F)C1=O. The fourth-order valence-corrected chi connectivity index (χ4v) is 2.20. The lowest BCUT2D eigenvalue weighted by Crippen LogP contribution is -2.57. The number of hydrogen-bond donors (Lipinski definition) is 1. The highest BCUT2D eigenvalue weighted by atomic mass is 19.1. The number of carbonyl (C=O) groups excluding carboxylic acids is 2. The van der Waals surface area contributed by atoms with Gasteiger partial charge < -0.3 is 4.74 Å². The fraction of sp³-hybridized carbons (Fsp3) is 0.429. The second-order valence-corrected chi connectivity index (χ2v) is 4.59. The Morgan fingerprint density at radius 3 is 2.85 bits per heavy atom. The van der Waals surface area contributed by atoms with E-state index < -0.39 is 5.82 Å². The first-order chi connectivity index (χ1) is 9.58. The molecule has 1 aliphatic rings. The molecule has 1 aliphatic heterocycles. The van der Waals surface area contributed by atoms with Crippen molar-refractivity contribution in [2.75, 3.05) is 13.7 Å². The lowest BCUT2D eigenvalue weighted by Gasteiger charge is -2.31. The molecule has 1 aromatic carbocycles. The number of amides is 2. The molecule has 0 aliphatic carbocycles. The summed E-state index contributed by atoms with van der Waals surface area (Å²) >= 11 is 0. The number of methoxy groups -OCH3 is 1. The Morgan fingerprint density at radius 2 is 2.20 bits per heavy atom. The van der Waals surface area contributed by atoms with Crippen molar-refractivity contribution in [2.24, 2.45) is 0 Å². The van der Waals surface area contributed by atoms with Crippen LogP contribution in [-0.4, -0.2) is 36.4 Å². The Hall–Kier alpha value is -1.95. The van der Waals surface area contributed by atoms with Crippen LogP contribution in [0, 0.1) is 5.82 Å². The van der Waals surface area contributed by atoms with Crippen molar-refractivity contribution in [3.8, 4) is 5.75 Å². The zero-order chi connectivity index (χ0) is 14.7. The van der Waals surface area contributed by atoms with E-state index >= 15 is 0 Å². The quantitative estimate of drug-likeness (QED) is 0.838. The molecule has 2 amide bonds. The first kappa shape index (κ1) is 14.5. The van der Waals surface area contributed by atoms with Crippen LogP contribution in [0.4, 0.5) is 4.39 Å². The molecule has 1 heterocycles. The van der Waals surface area contributed by atoms with Gasteiger partial charge >= 0.3 is 0 Å². The van der Waals surface area contributed by atoms with Crippen LogP contribution < -0.4 is 10.1 Å². The highest BCUT2D eigenvalue weighted by Gasteiger charge is 2.33. The van der Waals surface area contributed by atoms with E-state index in [1.54, 1.807) is 12.1 Å². The molecule has 0 radical (unpaired) electrons. The van der Waals surface area contributed by atoms with Crippen LogP contribution in [-0.2, 0) is 16.1 Å². The van der Waals surface area contributed by atoms with E-state index in [0.717, 1.165) is 4.90 Å². The zero-order valence-electron chi connectivity index (χ0n) is 11.5. The largest absolute Gasteiger partial charge is 0.494 e. The number of nitrogens with zero attached hydrogens (tertiary/aromatic N) is 1. The third kappa shape index (κ3) is 2.65. The Kier molecular flexibility index (Phi) is 4.34. The standard InChI is InChI=1S/C14H17FN2O3/c1-3-10-14(19)17(12(18)7-16-10)8-9-5-4-6-11(20-2)13(9)15/h4-6,10,16H,3,7-8H2,1-2H3. The summed E-state index contributed by atoms with van der Waals surface area (Å²) in [6.45, 7) is 1.88. The van der Waals surface area contributed by atoms with E-state index in [2.05, 4.69) is 5.32 Å². The molecular formula is C14H17FN2O3. The molecule has 1 aromatic rings. The highest BCUT2D eigenvalue weighted by molar-refractivity contribution is 6.01. The van der Waals surface area contributed by atoms with Gasteiger partial charge in [-0.05, 0) is 12.5 Å². The Morgan fingerprint density at radius 1 is 1.45 bits per heavy atom. The Bertz CT molecular complexity index is 533. The lowest BCUT2D eigenvalue weighted by molar-refractivity contribution is -0.150. The molecule has 2 rings (SSSR count). The normalized spacial score (nSPS) is 19.4. The second-order valence-electron chi connectivity index (χ2n) is 4.59. The van der Waals surface area contributed by atoms with Gasteiger partial charge in [0.25, 0.3) is 0 Å². The van der Waals surface area contributed by atoms with Gasteiger partial charge in [0, 0.05) is 5.56 Å². The molecule has 1 unspecified atom stereocenters. The maximum Gasteiger partial charge on any atom is 0.246 e. The fourth-order valence-electron chi connectivity index (χ4n) is 2.20. The predicted octanol–water partition coefficient (Wildman–Crippen LogP) is 1.07. The summed E-state index contributed by atoms with van der Waals surface area (Å²) in [4.78, 5) is 25.1. The van der Waals surface area contributed by atoms with Crippen molar-refractivity contribution >= 4 is 11.8 Å². The van der Waals surface area contributed by atoms with Crippen molar-refractivity contribution < 1.29 is 18.7 Å². The molecule has 1 saturated heterocycles. The molecule has 20 heavy (non-hydrogen) atoms. The lowest BCUT2D eigenvalue weighted by atomic mass is 10.1. The number of benzene rings is 1. The molecule has 5 nitrogen and oxygen atoms in total. The number of carbonyl (C=O) groups is 2. The number of imide groups is 1. The first-order valence-electron chi connectivity index (χ1n) is 6.47. The monoisotopic (exact) mass is 280 g/mol. The van der Waals surface area contributed by atoms with Crippen molar-refractivity contribution in [1.82, 2.24) is 10.2 Å². The first-order valence-corrected chi connectivity index (χ1v) is 6.47. The number of hydrogen-bond acceptors (Lipinski definition) is 4. The number of ether oxygens (including phenoxy) is 1. The second kappa shape index (κ2) is 6.00. The molecule has 6 heteroatoms. The van der Waals surface area contributed by atoms with Gasteiger partial charge in [-0.15, -0.1) is 0 Å². The van der Waals surface area contributed by atoms with Crippen LogP contribution in [0.3, 0.4) is 0 Å². The summed E-state index contributed by atoms with van der Waals surface area (Å²) in [5.41, 5.74) is 0.266. The maximum absolute atomic E-state index is 14.1. The number of rotatable bonds is 4. The average molecular weight is 280 g/mol. The number of piperazine rings is 1. The Balaban J connectivity index is 2.24. The van der Waals surface area contributed by atoms with Crippen LogP contribution in [0.2, 0.25) is 0 Å². The van der Waals surface area contributed by atoms with E-state index in [4.69, 9.17) is 4.74 Å². The van der Waals surface area contributed by atoms with E-state index in [1.807, 2.05) is 6.92 Å². The molecule has 1 N–H and O–H groups in total. The van der Waals surface area contributed by atoms with E-state index in [9.17, 15) is 14.0 Å². The molecular weight excluding hydrogens is 263 g/mol. The van der Waals surface area contributed by atoms with Gasteiger partial charge in [0.05, 0.1) is 26.2 Å². The molecule has 108 valence electrons. The minimum atomic E-state index is -0.540. The van der Waals surface area contributed by atoms with Gasteiger partial charge in [0.2, 0.25) is 11.8 Å². The molecule has 0 aromatic heterocycles. The van der Waals surface area contributed by atoms with Crippen LogP contribution in [0.25, 0.3) is 0 Å². The van der Waals surface area contributed by atoms with Gasteiger partial charge in [-0.3, -0.25) is 19.8 Å². The Labute approximate surface area is 116 Å².